The lowest BCUT2D eigenvalue weighted by molar-refractivity contribution is 0.343. The number of hydrogen-bond donors (Lipinski definition) is 1. The standard InChI is InChI=1S/C15H23N3O/c1-5-11(10(3)4)18-12-8-7-9-13(19-6-2)14(12)17-15(18)16/h7-11H,5-6H2,1-4H3,(H2,16,17). The Hall–Kier alpha value is -1.71. The van der Waals surface area contributed by atoms with Crippen LogP contribution in [0.25, 0.3) is 11.0 Å². The number of aromatic nitrogens is 2. The van der Waals surface area contributed by atoms with Crippen molar-refractivity contribution in [1.29, 1.82) is 0 Å². The number of anilines is 1. The van der Waals surface area contributed by atoms with Gasteiger partial charge in [-0.1, -0.05) is 26.8 Å². The molecule has 0 aliphatic heterocycles. The monoisotopic (exact) mass is 261 g/mol. The maximum atomic E-state index is 6.13. The van der Waals surface area contributed by atoms with Gasteiger partial charge in [0, 0.05) is 6.04 Å². The quantitative estimate of drug-likeness (QED) is 0.894. The number of ether oxygens (including phenoxy) is 1. The van der Waals surface area contributed by atoms with E-state index >= 15 is 0 Å². The Morgan fingerprint density at radius 3 is 2.63 bits per heavy atom. The van der Waals surface area contributed by atoms with Crippen molar-refractivity contribution in [2.24, 2.45) is 5.92 Å². The van der Waals surface area contributed by atoms with E-state index in [0.717, 1.165) is 23.2 Å². The molecule has 1 heterocycles. The summed E-state index contributed by atoms with van der Waals surface area (Å²) in [6, 6.07) is 6.37. The molecule has 0 fully saturated rings. The summed E-state index contributed by atoms with van der Waals surface area (Å²) in [4.78, 5) is 4.50. The molecule has 2 rings (SSSR count). The maximum Gasteiger partial charge on any atom is 0.201 e. The van der Waals surface area contributed by atoms with Crippen LogP contribution in [0.2, 0.25) is 0 Å². The molecule has 0 amide bonds. The summed E-state index contributed by atoms with van der Waals surface area (Å²) in [6.45, 7) is 9.22. The average molecular weight is 261 g/mol. The molecule has 0 radical (unpaired) electrons. The zero-order valence-electron chi connectivity index (χ0n) is 12.2. The largest absolute Gasteiger partial charge is 0.492 e. The summed E-state index contributed by atoms with van der Waals surface area (Å²) in [7, 11) is 0. The Bertz CT molecular complexity index is 560. The highest BCUT2D eigenvalue weighted by atomic mass is 16.5. The first-order valence-corrected chi connectivity index (χ1v) is 6.99. The van der Waals surface area contributed by atoms with Crippen molar-refractivity contribution in [1.82, 2.24) is 9.55 Å². The number of benzene rings is 1. The van der Waals surface area contributed by atoms with Crippen molar-refractivity contribution in [3.8, 4) is 5.75 Å². The number of nitrogens with zero attached hydrogens (tertiary/aromatic N) is 2. The van der Waals surface area contributed by atoms with Crippen LogP contribution in [-0.4, -0.2) is 16.2 Å². The molecule has 1 unspecified atom stereocenters. The number of para-hydroxylation sites is 1. The van der Waals surface area contributed by atoms with Gasteiger partial charge in [-0.25, -0.2) is 4.98 Å². The highest BCUT2D eigenvalue weighted by Crippen LogP contribution is 2.33. The minimum atomic E-state index is 0.363. The van der Waals surface area contributed by atoms with E-state index < -0.39 is 0 Å². The molecule has 4 heteroatoms. The highest BCUT2D eigenvalue weighted by molar-refractivity contribution is 5.84. The molecule has 19 heavy (non-hydrogen) atoms. The first-order valence-electron chi connectivity index (χ1n) is 6.99. The fourth-order valence-electron chi connectivity index (χ4n) is 2.68. The molecule has 104 valence electrons. The molecule has 0 aliphatic rings. The van der Waals surface area contributed by atoms with Crippen molar-refractivity contribution in [2.75, 3.05) is 12.3 Å². The molecule has 4 nitrogen and oxygen atoms in total. The van der Waals surface area contributed by atoms with Crippen molar-refractivity contribution >= 4 is 17.0 Å². The van der Waals surface area contributed by atoms with Crippen LogP contribution in [-0.2, 0) is 0 Å². The average Bonchev–Trinajstić information content (AvgIpc) is 2.69. The van der Waals surface area contributed by atoms with E-state index in [1.807, 2.05) is 19.1 Å². The summed E-state index contributed by atoms with van der Waals surface area (Å²) in [6.07, 6.45) is 1.03. The molecule has 1 aromatic heterocycles. The van der Waals surface area contributed by atoms with Gasteiger partial charge in [0.05, 0.1) is 12.1 Å². The van der Waals surface area contributed by atoms with Crippen molar-refractivity contribution in [3.05, 3.63) is 18.2 Å². The van der Waals surface area contributed by atoms with Crippen LogP contribution in [0.3, 0.4) is 0 Å². The zero-order chi connectivity index (χ0) is 14.0. The van der Waals surface area contributed by atoms with Crippen LogP contribution in [0.15, 0.2) is 18.2 Å². The predicted octanol–water partition coefficient (Wildman–Crippen LogP) is 3.62. The number of rotatable bonds is 5. The van der Waals surface area contributed by atoms with E-state index in [2.05, 4.69) is 36.4 Å². The summed E-state index contributed by atoms with van der Waals surface area (Å²) in [5, 5.41) is 0. The van der Waals surface area contributed by atoms with E-state index in [4.69, 9.17) is 10.5 Å². The second-order valence-electron chi connectivity index (χ2n) is 5.12. The maximum absolute atomic E-state index is 6.13. The molecule has 0 bridgehead atoms. The van der Waals surface area contributed by atoms with Gasteiger partial charge in [0.1, 0.15) is 11.3 Å². The lowest BCUT2D eigenvalue weighted by Crippen LogP contribution is -2.16. The van der Waals surface area contributed by atoms with E-state index in [1.165, 1.54) is 0 Å². The molecule has 0 spiro atoms. The molecular formula is C15H23N3O. The van der Waals surface area contributed by atoms with Crippen LogP contribution in [0.5, 0.6) is 5.75 Å². The second-order valence-corrected chi connectivity index (χ2v) is 5.12. The van der Waals surface area contributed by atoms with Crippen LogP contribution < -0.4 is 10.5 Å². The van der Waals surface area contributed by atoms with Crippen LogP contribution in [0, 0.1) is 5.92 Å². The molecule has 0 aliphatic carbocycles. The topological polar surface area (TPSA) is 53.1 Å². The normalized spacial score (nSPS) is 13.1. The van der Waals surface area contributed by atoms with E-state index in [1.54, 1.807) is 0 Å². The first kappa shape index (κ1) is 13.7. The van der Waals surface area contributed by atoms with Crippen molar-refractivity contribution in [2.45, 2.75) is 40.2 Å². The van der Waals surface area contributed by atoms with Gasteiger partial charge in [-0.2, -0.15) is 0 Å². The van der Waals surface area contributed by atoms with Gasteiger partial charge >= 0.3 is 0 Å². The molecule has 0 saturated carbocycles. The fraction of sp³-hybridized carbons (Fsp3) is 0.533. The Balaban J connectivity index is 2.62. The molecule has 0 saturated heterocycles. The van der Waals surface area contributed by atoms with Gasteiger partial charge in [-0.15, -0.1) is 0 Å². The second kappa shape index (κ2) is 5.51. The van der Waals surface area contributed by atoms with Gasteiger partial charge in [0.2, 0.25) is 5.95 Å². The molecular weight excluding hydrogens is 238 g/mol. The zero-order valence-corrected chi connectivity index (χ0v) is 12.2. The molecule has 2 N–H and O–H groups in total. The minimum absolute atomic E-state index is 0.363. The molecule has 2 aromatic rings. The molecule has 1 aromatic carbocycles. The number of nitrogen functional groups attached to an aromatic ring is 1. The van der Waals surface area contributed by atoms with E-state index in [0.29, 0.717) is 24.5 Å². The number of hydrogen-bond acceptors (Lipinski definition) is 3. The Morgan fingerprint density at radius 2 is 2.05 bits per heavy atom. The smallest absolute Gasteiger partial charge is 0.201 e. The number of fused-ring (bicyclic) bond motifs is 1. The Morgan fingerprint density at radius 1 is 1.32 bits per heavy atom. The third kappa shape index (κ3) is 2.39. The van der Waals surface area contributed by atoms with Crippen molar-refractivity contribution in [3.63, 3.8) is 0 Å². The summed E-state index contributed by atoms with van der Waals surface area (Å²) >= 11 is 0. The lowest BCUT2D eigenvalue weighted by Gasteiger charge is -2.22. The van der Waals surface area contributed by atoms with Gasteiger partial charge < -0.3 is 15.0 Å². The third-order valence-electron chi connectivity index (χ3n) is 3.53. The van der Waals surface area contributed by atoms with Crippen LogP contribution in [0.1, 0.15) is 40.2 Å². The van der Waals surface area contributed by atoms with Gasteiger partial charge in [-0.05, 0) is 31.4 Å². The Kier molecular flexibility index (Phi) is 3.98. The van der Waals surface area contributed by atoms with Gasteiger partial charge in [0.25, 0.3) is 0 Å². The lowest BCUT2D eigenvalue weighted by atomic mass is 10.0. The first-order chi connectivity index (χ1) is 9.10. The van der Waals surface area contributed by atoms with E-state index in [9.17, 15) is 0 Å². The van der Waals surface area contributed by atoms with E-state index in [-0.39, 0.29) is 0 Å². The third-order valence-corrected chi connectivity index (χ3v) is 3.53. The highest BCUT2D eigenvalue weighted by Gasteiger charge is 2.20. The van der Waals surface area contributed by atoms with Crippen LogP contribution >= 0.6 is 0 Å². The predicted molar refractivity (Wildman–Crippen MR) is 79.5 cm³/mol. The number of nitrogens with two attached hydrogens (primary N) is 1. The minimum Gasteiger partial charge on any atom is -0.492 e. The Labute approximate surface area is 114 Å². The van der Waals surface area contributed by atoms with Crippen molar-refractivity contribution < 1.29 is 4.74 Å². The van der Waals surface area contributed by atoms with Gasteiger partial charge in [-0.3, -0.25) is 0 Å². The van der Waals surface area contributed by atoms with Gasteiger partial charge in [0.15, 0.2) is 0 Å². The summed E-state index contributed by atoms with van der Waals surface area (Å²) in [5.41, 5.74) is 8.05. The molecule has 1 atom stereocenters. The fourth-order valence-corrected chi connectivity index (χ4v) is 2.68. The number of imidazole rings is 1. The van der Waals surface area contributed by atoms with Crippen LogP contribution in [0.4, 0.5) is 5.95 Å². The summed E-state index contributed by atoms with van der Waals surface area (Å²) in [5.74, 6) is 1.90. The SMILES string of the molecule is CCOc1cccc2c1nc(N)n2C(CC)C(C)C. The summed E-state index contributed by atoms with van der Waals surface area (Å²) < 4.78 is 7.77.